The molecule has 1 saturated carbocycles. The minimum Gasteiger partial charge on any atom is -0.317 e. The minimum absolute atomic E-state index is 0.581. The van der Waals surface area contributed by atoms with Crippen molar-refractivity contribution < 1.29 is 4.79 Å². The first-order chi connectivity index (χ1) is 7.24. The lowest BCUT2D eigenvalue weighted by molar-refractivity contribution is -0.108. The molecule has 0 aromatic carbocycles. The van der Waals surface area contributed by atoms with E-state index in [-0.39, 0.29) is 0 Å². The summed E-state index contributed by atoms with van der Waals surface area (Å²) >= 11 is 0. The molecule has 90 valence electrons. The maximum Gasteiger partial charge on any atom is 0.120 e. The zero-order chi connectivity index (χ0) is 11.5. The fourth-order valence-electron chi connectivity index (χ4n) is 1.72. The minimum atomic E-state index is 0.581. The van der Waals surface area contributed by atoms with Gasteiger partial charge < -0.3 is 10.1 Å². The first-order valence-electron chi connectivity index (χ1n) is 6.35. The van der Waals surface area contributed by atoms with Crippen molar-refractivity contribution in [1.82, 2.24) is 5.32 Å². The van der Waals surface area contributed by atoms with E-state index in [1.807, 2.05) is 0 Å². The van der Waals surface area contributed by atoms with Gasteiger partial charge in [-0.05, 0) is 25.8 Å². The molecular weight excluding hydrogens is 186 g/mol. The van der Waals surface area contributed by atoms with Crippen LogP contribution < -0.4 is 5.32 Å². The van der Waals surface area contributed by atoms with Gasteiger partial charge in [0.25, 0.3) is 0 Å². The van der Waals surface area contributed by atoms with Crippen molar-refractivity contribution in [2.24, 2.45) is 5.92 Å². The second-order valence-electron chi connectivity index (χ2n) is 4.54. The van der Waals surface area contributed by atoms with E-state index >= 15 is 0 Å². The third-order valence-corrected chi connectivity index (χ3v) is 3.21. The molecule has 2 nitrogen and oxygen atoms in total. The van der Waals surface area contributed by atoms with Crippen molar-refractivity contribution in [3.8, 4) is 0 Å². The van der Waals surface area contributed by atoms with Crippen molar-refractivity contribution in [2.75, 3.05) is 7.05 Å². The van der Waals surface area contributed by atoms with Crippen molar-refractivity contribution in [3.63, 3.8) is 0 Å². The Balaban J connectivity index is 0.000000265. The SMILES string of the molecule is CCC(C)CC=O.CNC1CCCCC1. The summed E-state index contributed by atoms with van der Waals surface area (Å²) in [7, 11) is 2.07. The van der Waals surface area contributed by atoms with Crippen molar-refractivity contribution in [1.29, 1.82) is 0 Å². The quantitative estimate of drug-likeness (QED) is 0.727. The van der Waals surface area contributed by atoms with Gasteiger partial charge in [-0.2, -0.15) is 0 Å². The Morgan fingerprint density at radius 3 is 2.20 bits per heavy atom. The molecule has 0 saturated heterocycles. The van der Waals surface area contributed by atoms with E-state index < -0.39 is 0 Å². The average Bonchev–Trinajstić information content (AvgIpc) is 2.31. The maximum absolute atomic E-state index is 9.77. The van der Waals surface area contributed by atoms with E-state index in [2.05, 4.69) is 26.2 Å². The Kier molecular flexibility index (Phi) is 9.91. The molecule has 0 spiro atoms. The molecule has 0 aromatic rings. The summed E-state index contributed by atoms with van der Waals surface area (Å²) < 4.78 is 0. The van der Waals surface area contributed by atoms with Gasteiger partial charge in [-0.1, -0.05) is 39.5 Å². The number of aldehydes is 1. The third-order valence-electron chi connectivity index (χ3n) is 3.21. The van der Waals surface area contributed by atoms with Crippen LogP contribution in [0, 0.1) is 5.92 Å². The van der Waals surface area contributed by atoms with Crippen LogP contribution in [0.5, 0.6) is 0 Å². The van der Waals surface area contributed by atoms with Gasteiger partial charge in [0.15, 0.2) is 0 Å². The topological polar surface area (TPSA) is 29.1 Å². The summed E-state index contributed by atoms with van der Waals surface area (Å²) in [6, 6.07) is 0.837. The molecule has 1 fully saturated rings. The van der Waals surface area contributed by atoms with E-state index in [0.717, 1.165) is 25.2 Å². The number of hydrogen-bond acceptors (Lipinski definition) is 2. The fourth-order valence-corrected chi connectivity index (χ4v) is 1.72. The van der Waals surface area contributed by atoms with Crippen molar-refractivity contribution in [3.05, 3.63) is 0 Å². The molecule has 2 heteroatoms. The molecule has 0 radical (unpaired) electrons. The molecule has 1 aliphatic carbocycles. The largest absolute Gasteiger partial charge is 0.317 e. The predicted molar refractivity (Wildman–Crippen MR) is 66.1 cm³/mol. The average molecular weight is 213 g/mol. The summed E-state index contributed by atoms with van der Waals surface area (Å²) in [5.74, 6) is 0.581. The maximum atomic E-state index is 9.77. The molecule has 0 bridgehead atoms. The van der Waals surface area contributed by atoms with Gasteiger partial charge in [0.2, 0.25) is 0 Å². The van der Waals surface area contributed by atoms with Gasteiger partial charge in [-0.3, -0.25) is 0 Å². The molecule has 0 aromatic heterocycles. The van der Waals surface area contributed by atoms with E-state index in [1.54, 1.807) is 0 Å². The number of hydrogen-bond donors (Lipinski definition) is 1. The normalized spacial score (nSPS) is 18.9. The zero-order valence-electron chi connectivity index (χ0n) is 10.6. The van der Waals surface area contributed by atoms with E-state index in [4.69, 9.17) is 0 Å². The highest BCUT2D eigenvalue weighted by Gasteiger charge is 2.09. The summed E-state index contributed by atoms with van der Waals surface area (Å²) in [5.41, 5.74) is 0. The number of rotatable bonds is 4. The lowest BCUT2D eigenvalue weighted by Crippen LogP contribution is -2.26. The smallest absolute Gasteiger partial charge is 0.120 e. The Morgan fingerprint density at radius 2 is 1.93 bits per heavy atom. The van der Waals surface area contributed by atoms with Gasteiger partial charge in [0, 0.05) is 12.5 Å². The van der Waals surface area contributed by atoms with Crippen molar-refractivity contribution >= 4 is 6.29 Å². The summed E-state index contributed by atoms with van der Waals surface area (Å²) in [6.07, 6.45) is 9.94. The lowest BCUT2D eigenvalue weighted by atomic mass is 9.96. The standard InChI is InChI=1S/C7H15N.C6H12O/c1-8-7-5-3-2-4-6-7;1-3-6(2)4-5-7/h7-8H,2-6H2,1H3;5-6H,3-4H2,1-2H3. The Morgan fingerprint density at radius 1 is 1.33 bits per heavy atom. The highest BCUT2D eigenvalue weighted by atomic mass is 16.1. The Labute approximate surface area is 94.8 Å². The monoisotopic (exact) mass is 213 g/mol. The first kappa shape index (κ1) is 14.6. The van der Waals surface area contributed by atoms with Crippen LogP contribution in [0.4, 0.5) is 0 Å². The summed E-state index contributed by atoms with van der Waals surface area (Å²) in [6.45, 7) is 4.17. The van der Waals surface area contributed by atoms with Crippen LogP contribution in [0.15, 0.2) is 0 Å². The number of carbonyl (C=O) groups is 1. The fraction of sp³-hybridized carbons (Fsp3) is 0.923. The van der Waals surface area contributed by atoms with Gasteiger partial charge in [0.05, 0.1) is 0 Å². The molecule has 1 atom stereocenters. The molecule has 1 unspecified atom stereocenters. The van der Waals surface area contributed by atoms with Crippen LogP contribution in [0.3, 0.4) is 0 Å². The number of carbonyl (C=O) groups excluding carboxylic acids is 1. The first-order valence-corrected chi connectivity index (χ1v) is 6.35. The van der Waals surface area contributed by atoms with Crippen LogP contribution in [-0.2, 0) is 4.79 Å². The Hall–Kier alpha value is -0.370. The van der Waals surface area contributed by atoms with Gasteiger partial charge in [-0.25, -0.2) is 0 Å². The van der Waals surface area contributed by atoms with Crippen molar-refractivity contribution in [2.45, 2.75) is 64.8 Å². The highest BCUT2D eigenvalue weighted by Crippen LogP contribution is 2.16. The molecule has 15 heavy (non-hydrogen) atoms. The van der Waals surface area contributed by atoms with E-state index in [1.165, 1.54) is 32.1 Å². The van der Waals surface area contributed by atoms with Crippen LogP contribution >= 0.6 is 0 Å². The lowest BCUT2D eigenvalue weighted by Gasteiger charge is -2.20. The zero-order valence-corrected chi connectivity index (χ0v) is 10.6. The van der Waals surface area contributed by atoms with Crippen LogP contribution in [0.1, 0.15) is 58.8 Å². The second-order valence-corrected chi connectivity index (χ2v) is 4.54. The molecule has 1 rings (SSSR count). The summed E-state index contributed by atoms with van der Waals surface area (Å²) in [5, 5.41) is 3.30. The summed E-state index contributed by atoms with van der Waals surface area (Å²) in [4.78, 5) is 9.77. The third kappa shape index (κ3) is 8.61. The number of nitrogens with one attached hydrogen (secondary N) is 1. The van der Waals surface area contributed by atoms with Crippen LogP contribution in [0.25, 0.3) is 0 Å². The van der Waals surface area contributed by atoms with Gasteiger partial charge in [0.1, 0.15) is 6.29 Å². The van der Waals surface area contributed by atoms with Crippen LogP contribution in [0.2, 0.25) is 0 Å². The predicted octanol–water partition coefficient (Wildman–Crippen LogP) is 3.16. The molecule has 1 N–H and O–H groups in total. The molecule has 0 heterocycles. The Bertz CT molecular complexity index is 141. The molecular formula is C13H27NO. The molecule has 0 amide bonds. The molecule has 1 aliphatic rings. The second kappa shape index (κ2) is 10.2. The molecule has 0 aliphatic heterocycles. The van der Waals surface area contributed by atoms with E-state index in [0.29, 0.717) is 5.92 Å². The van der Waals surface area contributed by atoms with Gasteiger partial charge in [-0.15, -0.1) is 0 Å². The highest BCUT2D eigenvalue weighted by molar-refractivity contribution is 5.49. The van der Waals surface area contributed by atoms with Gasteiger partial charge >= 0.3 is 0 Å². The van der Waals surface area contributed by atoms with Crippen LogP contribution in [-0.4, -0.2) is 19.4 Å². The van der Waals surface area contributed by atoms with E-state index in [9.17, 15) is 4.79 Å².